The number of hydrogen-bond acceptors (Lipinski definition) is 5. The van der Waals surface area contributed by atoms with Crippen molar-refractivity contribution in [2.75, 3.05) is 5.32 Å². The molecule has 0 aliphatic heterocycles. The van der Waals surface area contributed by atoms with E-state index in [1.54, 1.807) is 0 Å². The van der Waals surface area contributed by atoms with Gasteiger partial charge >= 0.3 is 5.69 Å². The van der Waals surface area contributed by atoms with Crippen molar-refractivity contribution in [1.29, 1.82) is 0 Å². The van der Waals surface area contributed by atoms with Crippen LogP contribution in [0.5, 0.6) is 0 Å². The van der Waals surface area contributed by atoms with Gasteiger partial charge in [-0.05, 0) is 36.7 Å². The zero-order chi connectivity index (χ0) is 14.9. The lowest BCUT2D eigenvalue weighted by atomic mass is 10.3. The van der Waals surface area contributed by atoms with Gasteiger partial charge in [0.05, 0.1) is 15.6 Å². The topological polar surface area (TPSA) is 81.0 Å². The quantitative estimate of drug-likeness (QED) is 0.528. The van der Waals surface area contributed by atoms with Crippen LogP contribution in [0.3, 0.4) is 0 Å². The molecule has 0 saturated heterocycles. The Bertz CT molecular complexity index is 696. The number of hydrogen-bond donors (Lipinski definition) is 1. The highest BCUT2D eigenvalue weighted by atomic mass is 35.5. The molecule has 2 rings (SSSR count). The van der Waals surface area contributed by atoms with Crippen LogP contribution in [0.1, 0.15) is 5.69 Å². The fourth-order valence-corrected chi connectivity index (χ4v) is 1.98. The molecule has 0 unspecified atom stereocenters. The highest BCUT2D eigenvalue weighted by molar-refractivity contribution is 6.33. The van der Waals surface area contributed by atoms with E-state index < -0.39 is 10.7 Å². The first-order valence-electron chi connectivity index (χ1n) is 5.29. The Kier molecular flexibility index (Phi) is 4.01. The predicted molar refractivity (Wildman–Crippen MR) is 73.1 cm³/mol. The number of halogens is 3. The van der Waals surface area contributed by atoms with Gasteiger partial charge in [-0.15, -0.1) is 0 Å². The van der Waals surface area contributed by atoms with E-state index in [2.05, 4.69) is 15.3 Å². The van der Waals surface area contributed by atoms with Crippen molar-refractivity contribution in [3.63, 3.8) is 0 Å². The van der Waals surface area contributed by atoms with Gasteiger partial charge in [-0.2, -0.15) is 4.98 Å². The molecule has 1 heterocycles. The third-order valence-electron chi connectivity index (χ3n) is 2.40. The number of rotatable bonds is 3. The molecule has 9 heteroatoms. The van der Waals surface area contributed by atoms with E-state index in [-0.39, 0.29) is 33.2 Å². The summed E-state index contributed by atoms with van der Waals surface area (Å²) in [4.78, 5) is 17.9. The molecule has 20 heavy (non-hydrogen) atoms. The number of nitro groups is 1. The Hall–Kier alpha value is -1.99. The zero-order valence-corrected chi connectivity index (χ0v) is 11.5. The molecule has 104 valence electrons. The second-order valence-electron chi connectivity index (χ2n) is 3.78. The van der Waals surface area contributed by atoms with Crippen molar-refractivity contribution in [3.8, 4) is 0 Å². The normalized spacial score (nSPS) is 10.4. The van der Waals surface area contributed by atoms with Gasteiger partial charge in [0.1, 0.15) is 11.5 Å². The highest BCUT2D eigenvalue weighted by Crippen LogP contribution is 2.32. The molecule has 0 radical (unpaired) electrons. The van der Waals surface area contributed by atoms with Crippen LogP contribution in [0, 0.1) is 22.9 Å². The molecule has 6 nitrogen and oxygen atoms in total. The lowest BCUT2D eigenvalue weighted by Gasteiger charge is -2.09. The van der Waals surface area contributed by atoms with E-state index in [0.29, 0.717) is 0 Å². The molecule has 0 aliphatic carbocycles. The minimum atomic E-state index is -0.634. The van der Waals surface area contributed by atoms with Crippen molar-refractivity contribution in [2.45, 2.75) is 6.92 Å². The SMILES string of the molecule is Cc1nc(Cl)nc(Nc2ccc(F)cc2Cl)c1[N+](=O)[O-]. The van der Waals surface area contributed by atoms with Crippen LogP contribution in [0.25, 0.3) is 0 Å². The molecule has 0 atom stereocenters. The molecule has 0 aliphatic rings. The van der Waals surface area contributed by atoms with Gasteiger partial charge < -0.3 is 5.32 Å². The molecule has 1 aromatic heterocycles. The highest BCUT2D eigenvalue weighted by Gasteiger charge is 2.22. The third-order valence-corrected chi connectivity index (χ3v) is 2.88. The average molecular weight is 317 g/mol. The Labute approximate surface area is 122 Å². The lowest BCUT2D eigenvalue weighted by Crippen LogP contribution is -2.04. The summed E-state index contributed by atoms with van der Waals surface area (Å²) in [5, 5.41) is 13.6. The molecule has 1 aromatic carbocycles. The van der Waals surface area contributed by atoms with E-state index in [0.717, 1.165) is 12.1 Å². The molecular weight excluding hydrogens is 310 g/mol. The van der Waals surface area contributed by atoms with Gasteiger partial charge in [0.2, 0.25) is 11.1 Å². The fourth-order valence-electron chi connectivity index (χ4n) is 1.56. The largest absolute Gasteiger partial charge is 0.333 e. The number of nitrogens with one attached hydrogen (secondary N) is 1. The summed E-state index contributed by atoms with van der Waals surface area (Å²) >= 11 is 11.5. The Morgan fingerprint density at radius 1 is 1.35 bits per heavy atom. The van der Waals surface area contributed by atoms with Crippen molar-refractivity contribution in [1.82, 2.24) is 9.97 Å². The van der Waals surface area contributed by atoms with E-state index in [9.17, 15) is 14.5 Å². The average Bonchev–Trinajstić information content (AvgIpc) is 2.31. The molecular formula is C11H7Cl2FN4O2. The van der Waals surface area contributed by atoms with E-state index >= 15 is 0 Å². The van der Waals surface area contributed by atoms with Gasteiger partial charge in [0.15, 0.2) is 0 Å². The molecule has 0 spiro atoms. The first-order chi connectivity index (χ1) is 9.38. The van der Waals surface area contributed by atoms with Gasteiger partial charge in [-0.3, -0.25) is 10.1 Å². The Morgan fingerprint density at radius 2 is 2.05 bits per heavy atom. The summed E-state index contributed by atoms with van der Waals surface area (Å²) in [6.45, 7) is 1.43. The van der Waals surface area contributed by atoms with Gasteiger partial charge in [0, 0.05) is 0 Å². The monoisotopic (exact) mass is 316 g/mol. The second-order valence-corrected chi connectivity index (χ2v) is 4.53. The summed E-state index contributed by atoms with van der Waals surface area (Å²) in [6, 6.07) is 3.58. The standard InChI is InChI=1S/C11H7Cl2FN4O2/c1-5-9(18(19)20)10(17-11(13)15-5)16-8-3-2-6(14)4-7(8)12/h2-4H,1H3,(H,15,16,17). The predicted octanol–water partition coefficient (Wildman–Crippen LogP) is 3.88. The van der Waals surface area contributed by atoms with E-state index in [1.807, 2.05) is 0 Å². The van der Waals surface area contributed by atoms with Crippen LogP contribution in [-0.2, 0) is 0 Å². The van der Waals surface area contributed by atoms with Gasteiger partial charge in [-0.25, -0.2) is 9.37 Å². The molecule has 0 amide bonds. The summed E-state index contributed by atoms with van der Waals surface area (Å²) in [7, 11) is 0. The number of aryl methyl sites for hydroxylation is 1. The maximum Gasteiger partial charge on any atom is 0.332 e. The second kappa shape index (κ2) is 5.56. The summed E-state index contributed by atoms with van der Waals surface area (Å²) in [5.41, 5.74) is 0.0517. The number of anilines is 2. The molecule has 1 N–H and O–H groups in total. The van der Waals surface area contributed by atoms with Crippen LogP contribution >= 0.6 is 23.2 Å². The van der Waals surface area contributed by atoms with Crippen LogP contribution < -0.4 is 5.32 Å². The fraction of sp³-hybridized carbons (Fsp3) is 0.0909. The summed E-state index contributed by atoms with van der Waals surface area (Å²) < 4.78 is 13.0. The van der Waals surface area contributed by atoms with E-state index in [4.69, 9.17) is 23.2 Å². The van der Waals surface area contributed by atoms with Gasteiger partial charge in [0.25, 0.3) is 0 Å². The van der Waals surface area contributed by atoms with Crippen molar-refractivity contribution < 1.29 is 9.31 Å². The first-order valence-corrected chi connectivity index (χ1v) is 6.04. The Morgan fingerprint density at radius 3 is 2.65 bits per heavy atom. The zero-order valence-electron chi connectivity index (χ0n) is 10.0. The van der Waals surface area contributed by atoms with Crippen LogP contribution in [-0.4, -0.2) is 14.9 Å². The maximum absolute atomic E-state index is 13.0. The molecule has 0 saturated carbocycles. The summed E-state index contributed by atoms with van der Waals surface area (Å²) in [5.74, 6) is -0.632. The lowest BCUT2D eigenvalue weighted by molar-refractivity contribution is -0.385. The Balaban J connectivity index is 2.50. The molecule has 2 aromatic rings. The molecule has 0 fully saturated rings. The van der Waals surface area contributed by atoms with Crippen molar-refractivity contribution in [2.24, 2.45) is 0 Å². The summed E-state index contributed by atoms with van der Waals surface area (Å²) in [6.07, 6.45) is 0. The number of benzene rings is 1. The smallest absolute Gasteiger partial charge is 0.332 e. The van der Waals surface area contributed by atoms with Crippen LogP contribution in [0.4, 0.5) is 21.6 Å². The number of nitrogens with zero attached hydrogens (tertiary/aromatic N) is 3. The minimum absolute atomic E-state index is 0.0617. The van der Waals surface area contributed by atoms with Crippen molar-refractivity contribution >= 4 is 40.4 Å². The van der Waals surface area contributed by atoms with Crippen molar-refractivity contribution in [3.05, 3.63) is 50.1 Å². The van der Waals surface area contributed by atoms with Crippen LogP contribution in [0.15, 0.2) is 18.2 Å². The third kappa shape index (κ3) is 2.94. The molecule has 0 bridgehead atoms. The number of aromatic nitrogens is 2. The maximum atomic E-state index is 13.0. The van der Waals surface area contributed by atoms with Crippen LogP contribution in [0.2, 0.25) is 10.3 Å². The van der Waals surface area contributed by atoms with Gasteiger partial charge in [-0.1, -0.05) is 11.6 Å². The first kappa shape index (κ1) is 14.4. The van der Waals surface area contributed by atoms with E-state index in [1.165, 1.54) is 13.0 Å². The minimum Gasteiger partial charge on any atom is -0.333 e.